The summed E-state index contributed by atoms with van der Waals surface area (Å²) in [6.45, 7) is 15.4. The molecule has 192 valence electrons. The number of unbranched alkanes of at least 4 members (excludes halogenated alkanes) is 4. The molecule has 0 saturated carbocycles. The zero-order valence-electron chi connectivity index (χ0n) is 22.4. The number of alkyl carbamates (subject to hydrolysis) is 1. The monoisotopic (exact) mass is 475 g/mol. The second-order valence-electron chi connectivity index (χ2n) is 10.3. The SMILES string of the molecule is CCCCCCCN(C(=O)CNC(=O)OC(C)(C)C)C(C(=O)NC(C)C)c1cc(C)cc(C)c1. The molecule has 0 aliphatic heterocycles. The molecule has 2 N–H and O–H groups in total. The predicted molar refractivity (Wildman–Crippen MR) is 137 cm³/mol. The number of aryl methyl sites for hydroxylation is 2. The number of amides is 3. The van der Waals surface area contributed by atoms with E-state index in [1.54, 1.807) is 25.7 Å². The van der Waals surface area contributed by atoms with Crippen LogP contribution in [0.5, 0.6) is 0 Å². The summed E-state index contributed by atoms with van der Waals surface area (Å²) in [4.78, 5) is 40.5. The lowest BCUT2D eigenvalue weighted by molar-refractivity contribution is -0.140. The van der Waals surface area contributed by atoms with Gasteiger partial charge >= 0.3 is 6.09 Å². The molecule has 3 amide bonds. The van der Waals surface area contributed by atoms with Crippen molar-refractivity contribution in [1.82, 2.24) is 15.5 Å². The summed E-state index contributed by atoms with van der Waals surface area (Å²) >= 11 is 0. The number of ether oxygens (including phenoxy) is 1. The summed E-state index contributed by atoms with van der Waals surface area (Å²) < 4.78 is 5.27. The first-order valence-corrected chi connectivity index (χ1v) is 12.5. The zero-order chi connectivity index (χ0) is 25.9. The fourth-order valence-corrected chi connectivity index (χ4v) is 3.85. The molecular formula is C27H45N3O4. The molecule has 7 heteroatoms. The molecule has 0 bridgehead atoms. The van der Waals surface area contributed by atoms with Crippen molar-refractivity contribution in [2.45, 2.75) is 105 Å². The highest BCUT2D eigenvalue weighted by Gasteiger charge is 2.32. The molecule has 0 aliphatic carbocycles. The van der Waals surface area contributed by atoms with Crippen LogP contribution in [-0.4, -0.2) is 47.5 Å². The molecule has 0 fully saturated rings. The molecule has 34 heavy (non-hydrogen) atoms. The van der Waals surface area contributed by atoms with Gasteiger partial charge < -0.3 is 20.3 Å². The molecule has 0 radical (unpaired) electrons. The van der Waals surface area contributed by atoms with E-state index in [1.807, 2.05) is 45.9 Å². The number of hydrogen-bond donors (Lipinski definition) is 2. The van der Waals surface area contributed by atoms with Gasteiger partial charge in [-0.25, -0.2) is 4.79 Å². The van der Waals surface area contributed by atoms with Crippen LogP contribution in [0.3, 0.4) is 0 Å². The van der Waals surface area contributed by atoms with Crippen LogP contribution in [0.4, 0.5) is 4.79 Å². The number of nitrogens with one attached hydrogen (secondary N) is 2. The Labute approximate surface area is 206 Å². The van der Waals surface area contributed by atoms with Crippen molar-refractivity contribution in [3.63, 3.8) is 0 Å². The molecule has 0 heterocycles. The number of benzene rings is 1. The largest absolute Gasteiger partial charge is 0.444 e. The van der Waals surface area contributed by atoms with Gasteiger partial charge in [0.2, 0.25) is 11.8 Å². The third-order valence-electron chi connectivity index (χ3n) is 5.16. The van der Waals surface area contributed by atoms with E-state index in [2.05, 4.69) is 17.6 Å². The highest BCUT2D eigenvalue weighted by molar-refractivity contribution is 5.90. The third kappa shape index (κ3) is 11.0. The van der Waals surface area contributed by atoms with E-state index < -0.39 is 17.7 Å². The minimum Gasteiger partial charge on any atom is -0.444 e. The first-order chi connectivity index (χ1) is 15.8. The lowest BCUT2D eigenvalue weighted by Crippen LogP contribution is -2.49. The second kappa shape index (κ2) is 14.0. The summed E-state index contributed by atoms with van der Waals surface area (Å²) in [6, 6.07) is 5.11. The first-order valence-electron chi connectivity index (χ1n) is 12.5. The van der Waals surface area contributed by atoms with Crippen LogP contribution >= 0.6 is 0 Å². The average molecular weight is 476 g/mol. The van der Waals surface area contributed by atoms with E-state index in [4.69, 9.17) is 4.74 Å². The normalized spacial score (nSPS) is 12.3. The molecule has 0 aliphatic rings. The Morgan fingerprint density at radius 1 is 0.971 bits per heavy atom. The molecule has 0 saturated heterocycles. The van der Waals surface area contributed by atoms with E-state index in [0.717, 1.165) is 48.8 Å². The lowest BCUT2D eigenvalue weighted by Gasteiger charge is -2.32. The Morgan fingerprint density at radius 3 is 2.09 bits per heavy atom. The smallest absolute Gasteiger partial charge is 0.408 e. The van der Waals surface area contributed by atoms with E-state index in [9.17, 15) is 14.4 Å². The predicted octanol–water partition coefficient (Wildman–Crippen LogP) is 5.19. The molecule has 0 aromatic heterocycles. The van der Waals surface area contributed by atoms with Gasteiger partial charge in [-0.15, -0.1) is 0 Å². The molecule has 0 spiro atoms. The minimum absolute atomic E-state index is 0.0673. The van der Waals surface area contributed by atoms with Crippen LogP contribution in [0, 0.1) is 13.8 Å². The van der Waals surface area contributed by atoms with Gasteiger partial charge in [0.05, 0.1) is 0 Å². The van der Waals surface area contributed by atoms with Crippen LogP contribution in [0.15, 0.2) is 18.2 Å². The summed E-state index contributed by atoms with van der Waals surface area (Å²) in [5.74, 6) is -0.538. The van der Waals surface area contributed by atoms with Gasteiger partial charge in [0.25, 0.3) is 0 Å². The Bertz CT molecular complexity index is 794. The maximum absolute atomic E-state index is 13.4. The van der Waals surface area contributed by atoms with E-state index in [0.29, 0.717) is 6.54 Å². The summed E-state index contributed by atoms with van der Waals surface area (Å²) in [5.41, 5.74) is 2.17. The van der Waals surface area contributed by atoms with Gasteiger partial charge in [-0.05, 0) is 60.5 Å². The Kier molecular flexibility index (Phi) is 12.1. The topological polar surface area (TPSA) is 87.7 Å². The van der Waals surface area contributed by atoms with Gasteiger partial charge in [0.1, 0.15) is 18.2 Å². The number of carbonyl (C=O) groups is 3. The van der Waals surface area contributed by atoms with Gasteiger partial charge in [-0.3, -0.25) is 9.59 Å². The van der Waals surface area contributed by atoms with Crippen LogP contribution in [0.1, 0.15) is 96.4 Å². The highest BCUT2D eigenvalue weighted by atomic mass is 16.6. The van der Waals surface area contributed by atoms with Gasteiger partial charge in [-0.1, -0.05) is 61.9 Å². The first kappa shape index (κ1) is 29.5. The van der Waals surface area contributed by atoms with E-state index in [-0.39, 0.29) is 24.4 Å². The van der Waals surface area contributed by atoms with Gasteiger partial charge in [-0.2, -0.15) is 0 Å². The van der Waals surface area contributed by atoms with E-state index >= 15 is 0 Å². The van der Waals surface area contributed by atoms with Crippen LogP contribution in [0.2, 0.25) is 0 Å². The molecule has 1 aromatic carbocycles. The highest BCUT2D eigenvalue weighted by Crippen LogP contribution is 2.25. The van der Waals surface area contributed by atoms with Crippen LogP contribution < -0.4 is 10.6 Å². The fraction of sp³-hybridized carbons (Fsp3) is 0.667. The molecule has 1 rings (SSSR count). The van der Waals surface area contributed by atoms with Crippen LogP contribution in [-0.2, 0) is 14.3 Å². The zero-order valence-corrected chi connectivity index (χ0v) is 22.4. The number of carbonyl (C=O) groups excluding carboxylic acids is 3. The summed E-state index contributed by atoms with van der Waals surface area (Å²) in [5, 5.41) is 5.53. The maximum Gasteiger partial charge on any atom is 0.408 e. The Morgan fingerprint density at radius 2 is 1.56 bits per heavy atom. The van der Waals surface area contributed by atoms with Crippen molar-refractivity contribution in [3.8, 4) is 0 Å². The second-order valence-corrected chi connectivity index (χ2v) is 10.3. The Hall–Kier alpha value is -2.57. The fourth-order valence-electron chi connectivity index (χ4n) is 3.85. The van der Waals surface area contributed by atoms with Crippen molar-refractivity contribution in [3.05, 3.63) is 34.9 Å². The number of rotatable bonds is 12. The molecule has 1 aromatic rings. The third-order valence-corrected chi connectivity index (χ3v) is 5.16. The average Bonchev–Trinajstić information content (AvgIpc) is 2.68. The van der Waals surface area contributed by atoms with E-state index in [1.165, 1.54) is 0 Å². The lowest BCUT2D eigenvalue weighted by atomic mass is 9.98. The molecule has 1 atom stereocenters. The van der Waals surface area contributed by atoms with Crippen molar-refractivity contribution in [1.29, 1.82) is 0 Å². The maximum atomic E-state index is 13.4. The van der Waals surface area contributed by atoms with Crippen molar-refractivity contribution in [2.75, 3.05) is 13.1 Å². The van der Waals surface area contributed by atoms with Crippen molar-refractivity contribution in [2.24, 2.45) is 0 Å². The summed E-state index contributed by atoms with van der Waals surface area (Å²) in [7, 11) is 0. The Balaban J connectivity index is 3.22. The quantitative estimate of drug-likeness (QED) is 0.407. The number of nitrogens with zero attached hydrogens (tertiary/aromatic N) is 1. The standard InChI is InChI=1S/C27H45N3O4/c1-9-10-11-12-13-14-30(23(31)18-28-26(33)34-27(6,7)8)24(25(32)29-19(2)3)22-16-20(4)15-21(5)17-22/h15-17,19,24H,9-14,18H2,1-8H3,(H,28,33)(H,29,32). The number of hydrogen-bond acceptors (Lipinski definition) is 4. The molecular weight excluding hydrogens is 430 g/mol. The van der Waals surface area contributed by atoms with Crippen molar-refractivity contribution < 1.29 is 19.1 Å². The molecule has 1 unspecified atom stereocenters. The minimum atomic E-state index is -0.778. The van der Waals surface area contributed by atoms with Gasteiger partial charge in [0, 0.05) is 12.6 Å². The van der Waals surface area contributed by atoms with Crippen molar-refractivity contribution >= 4 is 17.9 Å². The van der Waals surface area contributed by atoms with Crippen LogP contribution in [0.25, 0.3) is 0 Å². The molecule has 7 nitrogen and oxygen atoms in total. The summed E-state index contributed by atoms with van der Waals surface area (Å²) in [6.07, 6.45) is 4.46. The van der Waals surface area contributed by atoms with Gasteiger partial charge in [0.15, 0.2) is 0 Å².